The number of hydrogen-bond donors (Lipinski definition) is 1. The Labute approximate surface area is 86.0 Å². The third-order valence-corrected chi connectivity index (χ3v) is 1.55. The number of hydroxylamine groups is 1. The molecule has 0 aromatic heterocycles. The van der Waals surface area contributed by atoms with Crippen molar-refractivity contribution >= 4 is 11.7 Å². The summed E-state index contributed by atoms with van der Waals surface area (Å²) in [5, 5.41) is 0. The molecule has 1 aromatic rings. The molecule has 1 N–H and O–H groups in total. The number of carbonyl (C=O) groups excluding carboxylic acids is 2. The van der Waals surface area contributed by atoms with E-state index in [1.165, 1.54) is 31.2 Å². The summed E-state index contributed by atoms with van der Waals surface area (Å²) < 4.78 is 12.5. The lowest BCUT2D eigenvalue weighted by Crippen LogP contribution is -2.25. The molecular formula is C10H10FNO3. The Hall–Kier alpha value is -1.75. The van der Waals surface area contributed by atoms with Crippen molar-refractivity contribution in [1.29, 1.82) is 0 Å². The van der Waals surface area contributed by atoms with Gasteiger partial charge in [0.2, 0.25) is 0 Å². The van der Waals surface area contributed by atoms with Gasteiger partial charge in [0, 0.05) is 5.56 Å². The second-order valence-corrected chi connectivity index (χ2v) is 2.93. The smallest absolute Gasteiger partial charge is 0.274 e. The van der Waals surface area contributed by atoms with Crippen LogP contribution in [-0.2, 0) is 9.63 Å². The standard InChI is InChI=1S/C10H10FNO3/c1-7(13)6-15-12-10(14)8-2-4-9(11)5-3-8/h2-5H,6H2,1H3,(H,12,14). The molecule has 0 saturated heterocycles. The monoisotopic (exact) mass is 211 g/mol. The molecule has 0 radical (unpaired) electrons. The van der Waals surface area contributed by atoms with E-state index in [2.05, 4.69) is 10.3 Å². The molecule has 1 rings (SSSR count). The maximum absolute atomic E-state index is 12.5. The third kappa shape index (κ3) is 3.86. The first kappa shape index (κ1) is 11.3. The zero-order valence-electron chi connectivity index (χ0n) is 8.12. The van der Waals surface area contributed by atoms with E-state index >= 15 is 0 Å². The van der Waals surface area contributed by atoms with E-state index in [4.69, 9.17) is 0 Å². The summed E-state index contributed by atoms with van der Waals surface area (Å²) in [7, 11) is 0. The van der Waals surface area contributed by atoms with Gasteiger partial charge in [-0.05, 0) is 31.2 Å². The Morgan fingerprint density at radius 1 is 1.33 bits per heavy atom. The van der Waals surface area contributed by atoms with Gasteiger partial charge in [-0.25, -0.2) is 9.87 Å². The van der Waals surface area contributed by atoms with Crippen LogP contribution in [0.3, 0.4) is 0 Å². The van der Waals surface area contributed by atoms with E-state index < -0.39 is 11.7 Å². The fraction of sp³-hybridized carbons (Fsp3) is 0.200. The summed E-state index contributed by atoms with van der Waals surface area (Å²) in [6.45, 7) is 1.15. The molecule has 15 heavy (non-hydrogen) atoms. The number of rotatable bonds is 4. The van der Waals surface area contributed by atoms with Crippen molar-refractivity contribution in [3.63, 3.8) is 0 Å². The van der Waals surface area contributed by atoms with E-state index in [-0.39, 0.29) is 18.0 Å². The molecule has 80 valence electrons. The predicted molar refractivity (Wildman–Crippen MR) is 50.5 cm³/mol. The quantitative estimate of drug-likeness (QED) is 0.758. The van der Waals surface area contributed by atoms with Crippen molar-refractivity contribution in [2.45, 2.75) is 6.92 Å². The van der Waals surface area contributed by atoms with E-state index in [9.17, 15) is 14.0 Å². The van der Waals surface area contributed by atoms with Crippen LogP contribution in [0.15, 0.2) is 24.3 Å². The maximum Gasteiger partial charge on any atom is 0.274 e. The molecule has 0 unspecified atom stereocenters. The van der Waals surface area contributed by atoms with Crippen molar-refractivity contribution in [2.75, 3.05) is 6.61 Å². The first-order valence-corrected chi connectivity index (χ1v) is 4.26. The lowest BCUT2D eigenvalue weighted by Gasteiger charge is -2.03. The number of amides is 1. The van der Waals surface area contributed by atoms with Gasteiger partial charge in [-0.3, -0.25) is 14.4 Å². The lowest BCUT2D eigenvalue weighted by molar-refractivity contribution is -0.123. The molecular weight excluding hydrogens is 201 g/mol. The van der Waals surface area contributed by atoms with Crippen LogP contribution in [0.25, 0.3) is 0 Å². The molecule has 1 aromatic carbocycles. The number of nitrogens with one attached hydrogen (secondary N) is 1. The van der Waals surface area contributed by atoms with Gasteiger partial charge < -0.3 is 0 Å². The summed E-state index contributed by atoms with van der Waals surface area (Å²) in [5.74, 6) is -1.14. The van der Waals surface area contributed by atoms with Crippen molar-refractivity contribution in [2.24, 2.45) is 0 Å². The minimum Gasteiger partial charge on any atom is -0.297 e. The van der Waals surface area contributed by atoms with Crippen LogP contribution in [0.5, 0.6) is 0 Å². The molecule has 4 nitrogen and oxygen atoms in total. The van der Waals surface area contributed by atoms with Crippen LogP contribution in [0.2, 0.25) is 0 Å². The molecule has 0 fully saturated rings. The largest absolute Gasteiger partial charge is 0.297 e. The Morgan fingerprint density at radius 3 is 2.47 bits per heavy atom. The number of carbonyl (C=O) groups is 2. The number of benzene rings is 1. The Balaban J connectivity index is 2.47. The summed E-state index contributed by atoms with van der Waals surface area (Å²) >= 11 is 0. The summed E-state index contributed by atoms with van der Waals surface area (Å²) in [5.41, 5.74) is 2.33. The number of Topliss-reactive ketones (excluding diaryl/α,β-unsaturated/α-hetero) is 1. The first-order chi connectivity index (χ1) is 7.09. The molecule has 0 bridgehead atoms. The van der Waals surface area contributed by atoms with E-state index in [1.807, 2.05) is 0 Å². The number of hydrogen-bond acceptors (Lipinski definition) is 3. The van der Waals surface area contributed by atoms with Crippen LogP contribution in [0.4, 0.5) is 4.39 Å². The Morgan fingerprint density at radius 2 is 1.93 bits per heavy atom. The van der Waals surface area contributed by atoms with Crippen LogP contribution in [0, 0.1) is 5.82 Å². The molecule has 0 spiro atoms. The van der Waals surface area contributed by atoms with Crippen molar-refractivity contribution in [3.8, 4) is 0 Å². The van der Waals surface area contributed by atoms with Gasteiger partial charge in [0.25, 0.3) is 5.91 Å². The van der Waals surface area contributed by atoms with Gasteiger partial charge in [0.05, 0.1) is 0 Å². The van der Waals surface area contributed by atoms with Crippen molar-refractivity contribution in [1.82, 2.24) is 5.48 Å². The van der Waals surface area contributed by atoms with Gasteiger partial charge >= 0.3 is 0 Å². The SMILES string of the molecule is CC(=O)CONC(=O)c1ccc(F)cc1. The van der Waals surface area contributed by atoms with E-state index in [0.717, 1.165) is 0 Å². The topological polar surface area (TPSA) is 55.4 Å². The highest BCUT2D eigenvalue weighted by Gasteiger charge is 2.05. The van der Waals surface area contributed by atoms with Crippen LogP contribution in [0.1, 0.15) is 17.3 Å². The van der Waals surface area contributed by atoms with Crippen LogP contribution in [-0.4, -0.2) is 18.3 Å². The van der Waals surface area contributed by atoms with Crippen LogP contribution >= 0.6 is 0 Å². The molecule has 0 atom stereocenters. The number of ketones is 1. The minimum atomic E-state index is -0.517. The van der Waals surface area contributed by atoms with Crippen LogP contribution < -0.4 is 5.48 Å². The fourth-order valence-corrected chi connectivity index (χ4v) is 0.863. The van der Waals surface area contributed by atoms with Crippen molar-refractivity contribution in [3.05, 3.63) is 35.6 Å². The van der Waals surface area contributed by atoms with Gasteiger partial charge in [0.1, 0.15) is 12.4 Å². The van der Waals surface area contributed by atoms with Gasteiger partial charge in [0.15, 0.2) is 5.78 Å². The summed E-state index contributed by atoms with van der Waals surface area (Å²) in [4.78, 5) is 26.3. The normalized spacial score (nSPS) is 9.73. The average Bonchev–Trinajstić information content (AvgIpc) is 2.18. The Kier molecular flexibility index (Phi) is 3.93. The summed E-state index contributed by atoms with van der Waals surface area (Å²) in [6.07, 6.45) is 0. The maximum atomic E-state index is 12.5. The Bertz CT molecular complexity index is 361. The van der Waals surface area contributed by atoms with Gasteiger partial charge in [-0.15, -0.1) is 0 Å². The van der Waals surface area contributed by atoms with Gasteiger partial charge in [-0.2, -0.15) is 0 Å². The second-order valence-electron chi connectivity index (χ2n) is 2.93. The lowest BCUT2D eigenvalue weighted by atomic mass is 10.2. The van der Waals surface area contributed by atoms with E-state index in [1.54, 1.807) is 0 Å². The summed E-state index contributed by atoms with van der Waals surface area (Å²) in [6, 6.07) is 4.98. The van der Waals surface area contributed by atoms with Gasteiger partial charge in [-0.1, -0.05) is 0 Å². The molecule has 1 amide bonds. The average molecular weight is 211 g/mol. The zero-order valence-corrected chi connectivity index (χ0v) is 8.12. The highest BCUT2D eigenvalue weighted by atomic mass is 19.1. The zero-order chi connectivity index (χ0) is 11.3. The van der Waals surface area contributed by atoms with Crippen molar-refractivity contribution < 1.29 is 18.8 Å². The highest BCUT2D eigenvalue weighted by molar-refractivity contribution is 5.93. The number of halogens is 1. The molecule has 0 saturated carbocycles. The first-order valence-electron chi connectivity index (χ1n) is 4.26. The predicted octanol–water partition coefficient (Wildman–Crippen LogP) is 1.08. The van der Waals surface area contributed by atoms with E-state index in [0.29, 0.717) is 0 Å². The molecule has 0 heterocycles. The molecule has 0 aliphatic carbocycles. The highest BCUT2D eigenvalue weighted by Crippen LogP contribution is 2.02. The minimum absolute atomic E-state index is 0.188. The molecule has 5 heteroatoms. The second kappa shape index (κ2) is 5.21. The molecule has 0 aliphatic heterocycles. The molecule has 0 aliphatic rings. The fourth-order valence-electron chi connectivity index (χ4n) is 0.863. The third-order valence-electron chi connectivity index (χ3n) is 1.55.